The molecule has 84 valence electrons. The number of rotatable bonds is 2. The van der Waals surface area contributed by atoms with E-state index < -0.39 is 5.79 Å². The van der Waals surface area contributed by atoms with Gasteiger partial charge < -0.3 is 9.47 Å². The van der Waals surface area contributed by atoms with E-state index in [9.17, 15) is 9.18 Å². The first kappa shape index (κ1) is 10.9. The molecule has 6 heteroatoms. The van der Waals surface area contributed by atoms with Gasteiger partial charge in [-0.1, -0.05) is 11.6 Å². The topological polar surface area (TPSA) is 47.9 Å². The summed E-state index contributed by atoms with van der Waals surface area (Å²) in [5.74, 6) is -1.40. The molecule has 4 nitrogen and oxygen atoms in total. The first-order valence-corrected chi connectivity index (χ1v) is 4.80. The highest BCUT2D eigenvalue weighted by Gasteiger charge is 2.30. The van der Waals surface area contributed by atoms with Gasteiger partial charge in [0.1, 0.15) is 0 Å². The Kier molecular flexibility index (Phi) is 2.58. The molecule has 0 spiro atoms. The largest absolute Gasteiger partial charge is 0.454 e. The Balaban J connectivity index is 2.53. The molecule has 0 aliphatic carbocycles. The normalized spacial score (nSPS) is 16.4. The number of hydrogen-bond donors (Lipinski definition) is 0. The van der Waals surface area contributed by atoms with Crippen LogP contribution in [0.3, 0.4) is 0 Å². The molecule has 1 heterocycles. The van der Waals surface area contributed by atoms with Crippen LogP contribution in [0.25, 0.3) is 0 Å². The SMILES string of the molecule is CC(F)(N=C=O)c1cc2c(cc1Cl)OCO2. The molecule has 1 aromatic carbocycles. The van der Waals surface area contributed by atoms with Crippen LogP contribution >= 0.6 is 11.6 Å². The van der Waals surface area contributed by atoms with Gasteiger partial charge in [-0.2, -0.15) is 4.99 Å². The Morgan fingerprint density at radius 1 is 1.50 bits per heavy atom. The van der Waals surface area contributed by atoms with E-state index in [-0.39, 0.29) is 17.4 Å². The van der Waals surface area contributed by atoms with E-state index in [0.717, 1.165) is 6.92 Å². The maximum absolute atomic E-state index is 13.9. The zero-order valence-electron chi connectivity index (χ0n) is 8.29. The molecule has 1 aliphatic rings. The zero-order valence-corrected chi connectivity index (χ0v) is 9.05. The summed E-state index contributed by atoms with van der Waals surface area (Å²) in [5.41, 5.74) is 0.0433. The van der Waals surface area contributed by atoms with E-state index in [4.69, 9.17) is 21.1 Å². The van der Waals surface area contributed by atoms with Crippen molar-refractivity contribution in [2.75, 3.05) is 6.79 Å². The van der Waals surface area contributed by atoms with E-state index in [1.54, 1.807) is 0 Å². The van der Waals surface area contributed by atoms with Gasteiger partial charge in [0.15, 0.2) is 11.5 Å². The van der Waals surface area contributed by atoms with Crippen LogP contribution in [0.5, 0.6) is 11.5 Å². The third-order valence-corrected chi connectivity index (χ3v) is 2.52. The minimum absolute atomic E-state index is 0.0433. The number of hydrogen-bond acceptors (Lipinski definition) is 4. The van der Waals surface area contributed by atoms with Crippen molar-refractivity contribution < 1.29 is 18.7 Å². The van der Waals surface area contributed by atoms with Gasteiger partial charge >= 0.3 is 0 Å². The van der Waals surface area contributed by atoms with Crippen LogP contribution < -0.4 is 9.47 Å². The molecule has 16 heavy (non-hydrogen) atoms. The van der Waals surface area contributed by atoms with Crippen molar-refractivity contribution in [2.45, 2.75) is 12.7 Å². The number of ether oxygens (including phenoxy) is 2. The highest BCUT2D eigenvalue weighted by molar-refractivity contribution is 6.31. The third kappa shape index (κ3) is 1.75. The van der Waals surface area contributed by atoms with Crippen LogP contribution in [0.15, 0.2) is 17.1 Å². The maximum Gasteiger partial charge on any atom is 0.238 e. The second kappa shape index (κ2) is 3.77. The lowest BCUT2D eigenvalue weighted by Gasteiger charge is -2.15. The third-order valence-electron chi connectivity index (χ3n) is 2.21. The molecular formula is C10H7ClFNO3. The quantitative estimate of drug-likeness (QED) is 0.456. The molecule has 0 radical (unpaired) electrons. The van der Waals surface area contributed by atoms with Crippen molar-refractivity contribution in [1.82, 2.24) is 0 Å². The van der Waals surface area contributed by atoms with E-state index in [1.165, 1.54) is 18.2 Å². The first-order chi connectivity index (χ1) is 7.54. The van der Waals surface area contributed by atoms with Crippen molar-refractivity contribution in [2.24, 2.45) is 4.99 Å². The summed E-state index contributed by atoms with van der Waals surface area (Å²) in [4.78, 5) is 13.2. The van der Waals surface area contributed by atoms with Crippen LogP contribution in [-0.2, 0) is 10.6 Å². The first-order valence-electron chi connectivity index (χ1n) is 4.42. The average molecular weight is 244 g/mol. The number of halogens is 2. The van der Waals surface area contributed by atoms with Gasteiger partial charge in [0.05, 0.1) is 5.02 Å². The predicted octanol–water partition coefficient (Wildman–Crippen LogP) is 2.55. The molecule has 1 aliphatic heterocycles. The Bertz CT molecular complexity index is 483. The molecule has 0 N–H and O–H groups in total. The van der Waals surface area contributed by atoms with Crippen LogP contribution in [0.4, 0.5) is 4.39 Å². The number of isocyanates is 1. The summed E-state index contributed by atoms with van der Waals surface area (Å²) in [6, 6.07) is 2.79. The Morgan fingerprint density at radius 2 is 2.12 bits per heavy atom. The van der Waals surface area contributed by atoms with Crippen LogP contribution in [-0.4, -0.2) is 12.9 Å². The fourth-order valence-electron chi connectivity index (χ4n) is 1.41. The molecule has 0 amide bonds. The van der Waals surface area contributed by atoms with Crippen LogP contribution in [0.2, 0.25) is 5.02 Å². The number of aliphatic imine (C=N–C) groups is 1. The Hall–Kier alpha value is -1.58. The fourth-order valence-corrected chi connectivity index (χ4v) is 1.74. The molecule has 0 bridgehead atoms. The van der Waals surface area contributed by atoms with Crippen LogP contribution in [0.1, 0.15) is 12.5 Å². The Labute approximate surface area is 95.6 Å². The lowest BCUT2D eigenvalue weighted by Crippen LogP contribution is -2.12. The number of carbonyl (C=O) groups excluding carboxylic acids is 1. The summed E-state index contributed by atoms with van der Waals surface area (Å²) in [6.07, 6.45) is 1.17. The van der Waals surface area contributed by atoms with Gasteiger partial charge in [0.2, 0.25) is 18.7 Å². The van der Waals surface area contributed by atoms with Gasteiger partial charge in [0.25, 0.3) is 0 Å². The minimum Gasteiger partial charge on any atom is -0.454 e. The van der Waals surface area contributed by atoms with Crippen molar-refractivity contribution in [3.8, 4) is 11.5 Å². The van der Waals surface area contributed by atoms with E-state index in [2.05, 4.69) is 4.99 Å². The molecule has 0 fully saturated rings. The standard InChI is InChI=1S/C10H7ClFNO3/c1-10(12,13-4-14)6-2-8-9(3-7(6)11)16-5-15-8/h2-3H,5H2,1H3. The van der Waals surface area contributed by atoms with Gasteiger partial charge in [-0.15, -0.1) is 0 Å². The summed E-state index contributed by atoms with van der Waals surface area (Å²) in [6.45, 7) is 1.18. The second-order valence-electron chi connectivity index (χ2n) is 3.34. The molecule has 1 atom stereocenters. The van der Waals surface area contributed by atoms with Gasteiger partial charge in [-0.25, -0.2) is 9.18 Å². The highest BCUT2D eigenvalue weighted by atomic mass is 35.5. The minimum atomic E-state index is -2.22. The zero-order chi connectivity index (χ0) is 11.8. The summed E-state index contributed by atoms with van der Waals surface area (Å²) < 4.78 is 24.1. The monoisotopic (exact) mass is 243 g/mol. The summed E-state index contributed by atoms with van der Waals surface area (Å²) in [5, 5.41) is 0.119. The second-order valence-corrected chi connectivity index (χ2v) is 3.75. The summed E-state index contributed by atoms with van der Waals surface area (Å²) >= 11 is 5.86. The molecule has 1 unspecified atom stereocenters. The Morgan fingerprint density at radius 3 is 2.75 bits per heavy atom. The number of alkyl halides is 1. The summed E-state index contributed by atoms with van der Waals surface area (Å²) in [7, 11) is 0. The maximum atomic E-state index is 13.9. The van der Waals surface area contributed by atoms with Gasteiger partial charge in [-0.05, 0) is 13.0 Å². The van der Waals surface area contributed by atoms with Crippen molar-refractivity contribution in [3.05, 3.63) is 22.7 Å². The molecule has 0 saturated heterocycles. The number of fused-ring (bicyclic) bond motifs is 1. The van der Waals surface area contributed by atoms with Gasteiger partial charge in [0, 0.05) is 11.6 Å². The lowest BCUT2D eigenvalue weighted by atomic mass is 10.1. The average Bonchev–Trinajstić information content (AvgIpc) is 2.63. The molecule has 1 aromatic rings. The van der Waals surface area contributed by atoms with E-state index in [0.29, 0.717) is 11.5 Å². The molecule has 0 saturated carbocycles. The molecule has 0 aromatic heterocycles. The van der Waals surface area contributed by atoms with Crippen molar-refractivity contribution in [3.63, 3.8) is 0 Å². The van der Waals surface area contributed by atoms with Gasteiger partial charge in [-0.3, -0.25) is 0 Å². The predicted molar refractivity (Wildman–Crippen MR) is 54.2 cm³/mol. The van der Waals surface area contributed by atoms with Crippen molar-refractivity contribution >= 4 is 17.7 Å². The lowest BCUT2D eigenvalue weighted by molar-refractivity contribution is 0.173. The fraction of sp³-hybridized carbons (Fsp3) is 0.300. The van der Waals surface area contributed by atoms with E-state index >= 15 is 0 Å². The smallest absolute Gasteiger partial charge is 0.238 e. The highest BCUT2D eigenvalue weighted by Crippen LogP contribution is 2.42. The van der Waals surface area contributed by atoms with Crippen molar-refractivity contribution in [1.29, 1.82) is 0 Å². The molecule has 2 rings (SSSR count). The van der Waals surface area contributed by atoms with E-state index in [1.807, 2.05) is 0 Å². The van der Waals surface area contributed by atoms with Crippen LogP contribution in [0, 0.1) is 0 Å². The number of benzene rings is 1. The number of nitrogens with zero attached hydrogens (tertiary/aromatic N) is 1. The molecular weight excluding hydrogens is 237 g/mol.